The average Bonchev–Trinajstić information content (AvgIpc) is 2.53. The van der Waals surface area contributed by atoms with Crippen LogP contribution in [0.4, 0.5) is 0 Å². The van der Waals surface area contributed by atoms with Crippen LogP contribution in [0.2, 0.25) is 0 Å². The number of nitrogens with zero attached hydrogens (tertiary/aromatic N) is 4. The highest BCUT2D eigenvalue weighted by Crippen LogP contribution is 2.39. The maximum absolute atomic E-state index is 13.1. The molecule has 158 valence electrons. The third kappa shape index (κ3) is 6.07. The van der Waals surface area contributed by atoms with Gasteiger partial charge in [0.05, 0.1) is 4.92 Å². The summed E-state index contributed by atoms with van der Waals surface area (Å²) in [6, 6.07) is 0. The summed E-state index contributed by atoms with van der Waals surface area (Å²) < 4.78 is 0. The van der Waals surface area contributed by atoms with Crippen LogP contribution >= 0.6 is 11.8 Å². The molecule has 0 bridgehead atoms. The summed E-state index contributed by atoms with van der Waals surface area (Å²) in [5.74, 6) is -0.674. The van der Waals surface area contributed by atoms with Crippen LogP contribution in [-0.4, -0.2) is 77.3 Å². The number of hydrogen-bond acceptors (Lipinski definition) is 6. The maximum Gasteiger partial charge on any atom is 0.267 e. The first-order valence-corrected chi connectivity index (χ1v) is 9.98. The smallest absolute Gasteiger partial charge is 0.267 e. The van der Waals surface area contributed by atoms with Gasteiger partial charge in [-0.25, -0.2) is 0 Å². The van der Waals surface area contributed by atoms with E-state index in [1.54, 1.807) is 18.7 Å². The number of hydrogen-bond donors (Lipinski definition) is 0. The standard InChI is InChI=1S/C19H32N4O4S/c1-14(18(2,3)4)28-15(13-23(26)27)16(24)22-12-11-21(10-9-20(7)8)17(25)19(22,5)6/h13H,1,9-12H2,2-8H3/b15-13+. The molecule has 0 aromatic carbocycles. The maximum atomic E-state index is 13.1. The van der Waals surface area contributed by atoms with E-state index in [0.29, 0.717) is 30.7 Å². The Labute approximate surface area is 171 Å². The highest BCUT2D eigenvalue weighted by Gasteiger charge is 2.45. The Morgan fingerprint density at radius 2 is 1.93 bits per heavy atom. The predicted octanol–water partition coefficient (Wildman–Crippen LogP) is 2.41. The predicted molar refractivity (Wildman–Crippen MR) is 112 cm³/mol. The van der Waals surface area contributed by atoms with Gasteiger partial charge in [-0.2, -0.15) is 0 Å². The van der Waals surface area contributed by atoms with Crippen molar-refractivity contribution in [1.29, 1.82) is 0 Å². The van der Waals surface area contributed by atoms with E-state index in [1.165, 1.54) is 4.90 Å². The second-order valence-electron chi connectivity index (χ2n) is 8.67. The van der Waals surface area contributed by atoms with Gasteiger partial charge in [0.2, 0.25) is 5.91 Å². The first-order valence-electron chi connectivity index (χ1n) is 9.16. The molecule has 2 amide bonds. The Balaban J connectivity index is 3.08. The number of piperazine rings is 1. The summed E-state index contributed by atoms with van der Waals surface area (Å²) >= 11 is 1.00. The Kier molecular flexibility index (Phi) is 7.84. The van der Waals surface area contributed by atoms with Crippen LogP contribution in [0.5, 0.6) is 0 Å². The monoisotopic (exact) mass is 412 g/mol. The molecule has 0 atom stereocenters. The molecule has 0 radical (unpaired) electrons. The van der Waals surface area contributed by atoms with Crippen molar-refractivity contribution < 1.29 is 14.5 Å². The van der Waals surface area contributed by atoms with E-state index >= 15 is 0 Å². The second kappa shape index (κ2) is 9.09. The summed E-state index contributed by atoms with van der Waals surface area (Å²) in [5, 5.41) is 11.1. The lowest BCUT2D eigenvalue weighted by Crippen LogP contribution is -2.65. The third-order valence-corrected chi connectivity index (χ3v) is 6.00. The summed E-state index contributed by atoms with van der Waals surface area (Å²) in [6.45, 7) is 15.1. The molecule has 0 N–H and O–H groups in total. The number of allylic oxidation sites excluding steroid dienone is 1. The summed E-state index contributed by atoms with van der Waals surface area (Å²) in [6.07, 6.45) is 0.711. The third-order valence-electron chi connectivity index (χ3n) is 4.64. The van der Waals surface area contributed by atoms with Gasteiger partial charge in [-0.1, -0.05) is 39.1 Å². The van der Waals surface area contributed by atoms with Crippen molar-refractivity contribution in [2.75, 3.05) is 40.3 Å². The summed E-state index contributed by atoms with van der Waals surface area (Å²) in [7, 11) is 3.87. The number of thioether (sulfide) groups is 1. The fourth-order valence-electron chi connectivity index (χ4n) is 2.63. The highest BCUT2D eigenvalue weighted by molar-refractivity contribution is 8.07. The molecule has 0 aromatic heterocycles. The highest BCUT2D eigenvalue weighted by atomic mass is 32.2. The van der Waals surface area contributed by atoms with Crippen molar-refractivity contribution in [1.82, 2.24) is 14.7 Å². The van der Waals surface area contributed by atoms with Crippen LogP contribution in [0.25, 0.3) is 0 Å². The second-order valence-corrected chi connectivity index (χ2v) is 9.80. The minimum Gasteiger partial charge on any atom is -0.338 e. The van der Waals surface area contributed by atoms with Gasteiger partial charge < -0.3 is 14.7 Å². The fourth-order valence-corrected chi connectivity index (χ4v) is 3.54. The van der Waals surface area contributed by atoms with Crippen LogP contribution < -0.4 is 0 Å². The Morgan fingerprint density at radius 1 is 1.36 bits per heavy atom. The zero-order chi connectivity index (χ0) is 21.9. The summed E-state index contributed by atoms with van der Waals surface area (Å²) in [5.41, 5.74) is -1.40. The molecule has 0 aliphatic carbocycles. The van der Waals surface area contributed by atoms with E-state index in [2.05, 4.69) is 6.58 Å². The van der Waals surface area contributed by atoms with E-state index in [-0.39, 0.29) is 16.2 Å². The van der Waals surface area contributed by atoms with Crippen LogP contribution in [0.3, 0.4) is 0 Å². The largest absolute Gasteiger partial charge is 0.338 e. The van der Waals surface area contributed by atoms with E-state index in [0.717, 1.165) is 18.3 Å². The van der Waals surface area contributed by atoms with Crippen molar-refractivity contribution in [2.45, 2.75) is 40.2 Å². The van der Waals surface area contributed by atoms with Crippen LogP contribution in [-0.2, 0) is 9.59 Å². The number of amides is 2. The molecule has 0 aromatic rings. The van der Waals surface area contributed by atoms with Gasteiger partial charge in [0.1, 0.15) is 10.4 Å². The van der Waals surface area contributed by atoms with Crippen molar-refractivity contribution in [3.63, 3.8) is 0 Å². The molecule has 1 fully saturated rings. The van der Waals surface area contributed by atoms with Gasteiger partial charge in [-0.15, -0.1) is 0 Å². The lowest BCUT2D eigenvalue weighted by molar-refractivity contribution is -0.402. The van der Waals surface area contributed by atoms with Crippen LogP contribution in [0, 0.1) is 15.5 Å². The molecular formula is C19H32N4O4S. The topological polar surface area (TPSA) is 87.0 Å². The van der Waals surface area contributed by atoms with E-state index in [4.69, 9.17) is 0 Å². The SMILES string of the molecule is C=C(S/C(=C/[N+](=O)[O-])C(=O)N1CCN(CCN(C)C)C(=O)C1(C)C)C(C)(C)C. The first kappa shape index (κ1) is 24.2. The normalized spacial score (nSPS) is 17.9. The fraction of sp³-hybridized carbons (Fsp3) is 0.684. The van der Waals surface area contributed by atoms with Crippen molar-refractivity contribution >= 4 is 23.6 Å². The zero-order valence-corrected chi connectivity index (χ0v) is 18.8. The molecule has 0 unspecified atom stereocenters. The zero-order valence-electron chi connectivity index (χ0n) is 17.9. The number of rotatable bonds is 7. The summed E-state index contributed by atoms with van der Waals surface area (Å²) in [4.78, 5) is 42.3. The van der Waals surface area contributed by atoms with E-state index in [1.807, 2.05) is 39.8 Å². The van der Waals surface area contributed by atoms with Gasteiger partial charge >= 0.3 is 0 Å². The Morgan fingerprint density at radius 3 is 2.39 bits per heavy atom. The average molecular weight is 413 g/mol. The van der Waals surface area contributed by atoms with Crippen molar-refractivity contribution in [3.8, 4) is 0 Å². The quantitative estimate of drug-likeness (QED) is 0.363. The lowest BCUT2D eigenvalue weighted by Gasteiger charge is -2.46. The molecule has 1 rings (SSSR count). The molecule has 9 heteroatoms. The van der Waals surface area contributed by atoms with Gasteiger partial charge in [0, 0.05) is 26.2 Å². The van der Waals surface area contributed by atoms with Crippen LogP contribution in [0.15, 0.2) is 22.6 Å². The molecule has 0 saturated carbocycles. The molecule has 1 aliphatic rings. The lowest BCUT2D eigenvalue weighted by atomic mass is 9.97. The number of carbonyl (C=O) groups is 2. The van der Waals surface area contributed by atoms with Crippen LogP contribution in [0.1, 0.15) is 34.6 Å². The van der Waals surface area contributed by atoms with Gasteiger partial charge in [-0.05, 0) is 38.3 Å². The number of likely N-dealkylation sites (N-methyl/N-ethyl adjacent to an activating group) is 1. The minimum absolute atomic E-state index is 0.0347. The van der Waals surface area contributed by atoms with E-state index in [9.17, 15) is 19.7 Å². The first-order chi connectivity index (χ1) is 12.7. The molecule has 1 heterocycles. The Bertz CT molecular complexity index is 680. The van der Waals surface area contributed by atoms with Crippen molar-refractivity contribution in [2.24, 2.45) is 5.41 Å². The molecule has 28 heavy (non-hydrogen) atoms. The van der Waals surface area contributed by atoms with Gasteiger partial charge in [-0.3, -0.25) is 19.7 Å². The van der Waals surface area contributed by atoms with Gasteiger partial charge in [0.15, 0.2) is 0 Å². The molecule has 1 saturated heterocycles. The molecule has 8 nitrogen and oxygen atoms in total. The van der Waals surface area contributed by atoms with E-state index < -0.39 is 16.4 Å². The molecule has 1 aliphatic heterocycles. The number of nitro groups is 1. The van der Waals surface area contributed by atoms with Crippen molar-refractivity contribution in [3.05, 3.63) is 32.7 Å². The minimum atomic E-state index is -1.08. The Hall–Kier alpha value is -1.87. The molecule has 0 spiro atoms. The van der Waals surface area contributed by atoms with Gasteiger partial charge in [0.25, 0.3) is 12.1 Å². The number of carbonyl (C=O) groups excluding carboxylic acids is 2. The molecular weight excluding hydrogens is 380 g/mol.